The third-order valence-corrected chi connectivity index (χ3v) is 4.62. The molecule has 6 heteroatoms. The molecule has 132 valence electrons. The van der Waals surface area contributed by atoms with E-state index in [0.29, 0.717) is 11.3 Å². The number of nitrogens with zero attached hydrogens (tertiary/aromatic N) is 1. The van der Waals surface area contributed by atoms with Crippen molar-refractivity contribution in [3.63, 3.8) is 0 Å². The summed E-state index contributed by atoms with van der Waals surface area (Å²) in [4.78, 5) is 27.9. The molecule has 1 aliphatic heterocycles. The van der Waals surface area contributed by atoms with E-state index in [1.165, 1.54) is 6.92 Å². The smallest absolute Gasteiger partial charge is 0.252 e. The summed E-state index contributed by atoms with van der Waals surface area (Å²) < 4.78 is 5.36. The molecule has 0 radical (unpaired) electrons. The average Bonchev–Trinajstić information content (AvgIpc) is 2.54. The van der Waals surface area contributed by atoms with Crippen LogP contribution in [0.2, 0.25) is 0 Å². The first kappa shape index (κ1) is 17.5. The van der Waals surface area contributed by atoms with Crippen LogP contribution in [0.3, 0.4) is 0 Å². The van der Waals surface area contributed by atoms with E-state index >= 15 is 0 Å². The lowest BCUT2D eigenvalue weighted by Gasteiger charge is -2.26. The molecule has 1 aliphatic rings. The number of benzene rings is 1. The molecule has 3 rings (SSSR count). The first-order valence-corrected chi connectivity index (χ1v) is 8.18. The topological polar surface area (TPSA) is 109 Å². The Morgan fingerprint density at radius 1 is 1.27 bits per heavy atom. The quantitative estimate of drug-likeness (QED) is 0.866. The Morgan fingerprint density at radius 2 is 1.96 bits per heavy atom. The van der Waals surface area contributed by atoms with Crippen LogP contribution in [0.1, 0.15) is 36.5 Å². The van der Waals surface area contributed by atoms with Gasteiger partial charge in [0.25, 0.3) is 5.56 Å². The van der Waals surface area contributed by atoms with E-state index < -0.39 is 5.92 Å². The summed E-state index contributed by atoms with van der Waals surface area (Å²) in [6.45, 7) is 6.88. The number of fused-ring (bicyclic) bond motifs is 1. The van der Waals surface area contributed by atoms with Gasteiger partial charge in [-0.3, -0.25) is 9.59 Å². The second-order valence-electron chi connectivity index (χ2n) is 6.55. The predicted molar refractivity (Wildman–Crippen MR) is 98.1 cm³/mol. The number of hydrogen-bond acceptors (Lipinski definition) is 5. The molecule has 1 aromatic carbocycles. The molecule has 0 saturated carbocycles. The van der Waals surface area contributed by atoms with Crippen LogP contribution in [0.5, 0.6) is 0 Å². The third-order valence-electron chi connectivity index (χ3n) is 4.62. The highest BCUT2D eigenvalue weighted by molar-refractivity contribution is 5.97. The van der Waals surface area contributed by atoms with Gasteiger partial charge in [-0.05, 0) is 50.8 Å². The summed E-state index contributed by atoms with van der Waals surface area (Å²) in [7, 11) is 0. The lowest BCUT2D eigenvalue weighted by atomic mass is 9.81. The average molecular weight is 349 g/mol. The molecule has 2 heterocycles. The van der Waals surface area contributed by atoms with Gasteiger partial charge in [0.05, 0.1) is 11.4 Å². The Labute approximate surface area is 150 Å². The molecule has 0 amide bonds. The standard InChI is InChI=1S/C20H19N3O3/c1-9-5-10(2)18-13(6-9)7-14(20(25)23-18)17-15(8-21)19(22)26-12(4)16(17)11(3)24/h5-7,17H,22H2,1-4H3,(H,23,25)/t17-/m1/s1. The zero-order valence-corrected chi connectivity index (χ0v) is 15.1. The van der Waals surface area contributed by atoms with Crippen molar-refractivity contribution in [2.75, 3.05) is 0 Å². The van der Waals surface area contributed by atoms with Crippen LogP contribution >= 0.6 is 0 Å². The number of aryl methyl sites for hydroxylation is 2. The van der Waals surface area contributed by atoms with Gasteiger partial charge < -0.3 is 15.5 Å². The predicted octanol–water partition coefficient (Wildman–Crippen LogP) is 2.82. The van der Waals surface area contributed by atoms with Crippen LogP contribution in [0.4, 0.5) is 0 Å². The summed E-state index contributed by atoms with van der Waals surface area (Å²) in [6, 6.07) is 7.65. The number of H-pyrrole nitrogens is 1. The summed E-state index contributed by atoms with van der Waals surface area (Å²) in [5.41, 5.74) is 8.87. The van der Waals surface area contributed by atoms with Crippen molar-refractivity contribution in [2.45, 2.75) is 33.6 Å². The van der Waals surface area contributed by atoms with Gasteiger partial charge in [-0.25, -0.2) is 0 Å². The number of ketones is 1. The highest BCUT2D eigenvalue weighted by Crippen LogP contribution is 2.38. The number of ether oxygens (including phenoxy) is 1. The number of carbonyl (C=O) groups is 1. The minimum Gasteiger partial charge on any atom is -0.445 e. The number of hydrogen-bond donors (Lipinski definition) is 2. The van der Waals surface area contributed by atoms with Gasteiger partial charge >= 0.3 is 0 Å². The van der Waals surface area contributed by atoms with Crippen molar-refractivity contribution in [3.8, 4) is 6.07 Å². The molecular formula is C20H19N3O3. The summed E-state index contributed by atoms with van der Waals surface area (Å²) >= 11 is 0. The minimum absolute atomic E-state index is 0.0648. The second-order valence-corrected chi connectivity index (χ2v) is 6.55. The van der Waals surface area contributed by atoms with Crippen LogP contribution in [0.25, 0.3) is 10.9 Å². The zero-order chi connectivity index (χ0) is 19.2. The van der Waals surface area contributed by atoms with Crippen molar-refractivity contribution in [2.24, 2.45) is 5.73 Å². The van der Waals surface area contributed by atoms with E-state index in [2.05, 4.69) is 4.98 Å². The summed E-state index contributed by atoms with van der Waals surface area (Å²) in [5, 5.41) is 10.4. The zero-order valence-electron chi connectivity index (χ0n) is 15.1. The minimum atomic E-state index is -0.847. The fraction of sp³-hybridized carbons (Fsp3) is 0.250. The summed E-state index contributed by atoms with van der Waals surface area (Å²) in [5.74, 6) is -0.897. The number of nitriles is 1. The van der Waals surface area contributed by atoms with Crippen LogP contribution in [0.15, 0.2) is 45.8 Å². The van der Waals surface area contributed by atoms with E-state index in [1.807, 2.05) is 32.0 Å². The van der Waals surface area contributed by atoms with Crippen LogP contribution < -0.4 is 11.3 Å². The maximum atomic E-state index is 12.8. The Morgan fingerprint density at radius 3 is 2.58 bits per heavy atom. The van der Waals surface area contributed by atoms with E-state index in [4.69, 9.17) is 10.5 Å². The molecule has 6 nitrogen and oxygen atoms in total. The molecule has 0 aliphatic carbocycles. The number of pyridine rings is 1. The molecule has 0 saturated heterocycles. The van der Waals surface area contributed by atoms with Crippen molar-refractivity contribution in [1.29, 1.82) is 5.26 Å². The first-order valence-electron chi connectivity index (χ1n) is 8.18. The Bertz CT molecular complexity index is 1110. The number of allylic oxidation sites excluding steroid dienone is 3. The first-order chi connectivity index (χ1) is 12.2. The SMILES string of the molecule is CC(=O)C1=C(C)OC(N)=C(C#N)[C@H]1c1cc2cc(C)cc(C)c2[nH]c1=O. The molecule has 0 bridgehead atoms. The molecule has 0 unspecified atom stereocenters. The van der Waals surface area contributed by atoms with E-state index in [-0.39, 0.29) is 28.4 Å². The van der Waals surface area contributed by atoms with Crippen LogP contribution in [0, 0.1) is 25.2 Å². The number of nitrogens with two attached hydrogens (primary N) is 1. The van der Waals surface area contributed by atoms with Crippen LogP contribution in [-0.2, 0) is 9.53 Å². The molecular weight excluding hydrogens is 330 g/mol. The molecule has 0 spiro atoms. The molecule has 3 N–H and O–H groups in total. The highest BCUT2D eigenvalue weighted by Gasteiger charge is 2.35. The fourth-order valence-electron chi connectivity index (χ4n) is 3.56. The third kappa shape index (κ3) is 2.68. The largest absolute Gasteiger partial charge is 0.445 e. The second kappa shape index (κ2) is 6.19. The van der Waals surface area contributed by atoms with E-state index in [9.17, 15) is 14.9 Å². The molecule has 26 heavy (non-hydrogen) atoms. The van der Waals surface area contributed by atoms with Gasteiger partial charge in [-0.15, -0.1) is 0 Å². The maximum Gasteiger partial charge on any atom is 0.252 e. The number of nitrogens with one attached hydrogen (secondary N) is 1. The Hall–Kier alpha value is -3.33. The van der Waals surface area contributed by atoms with Gasteiger partial charge in [0.15, 0.2) is 5.78 Å². The lowest BCUT2D eigenvalue weighted by Crippen LogP contribution is -2.27. The molecule has 0 fully saturated rings. The van der Waals surface area contributed by atoms with Crippen molar-refractivity contribution in [1.82, 2.24) is 4.98 Å². The normalized spacial score (nSPS) is 17.3. The lowest BCUT2D eigenvalue weighted by molar-refractivity contribution is -0.114. The van der Waals surface area contributed by atoms with Crippen molar-refractivity contribution >= 4 is 16.7 Å². The number of carbonyl (C=O) groups excluding carboxylic acids is 1. The molecule has 1 aromatic heterocycles. The van der Waals surface area contributed by atoms with E-state index in [0.717, 1.165) is 22.0 Å². The monoisotopic (exact) mass is 349 g/mol. The number of aromatic amines is 1. The number of Topliss-reactive ketones (excluding diaryl/α,β-unsaturated/α-hetero) is 1. The van der Waals surface area contributed by atoms with Gasteiger partial charge in [-0.2, -0.15) is 5.26 Å². The Kier molecular flexibility index (Phi) is 4.17. The van der Waals surface area contributed by atoms with Crippen LogP contribution in [-0.4, -0.2) is 10.8 Å². The van der Waals surface area contributed by atoms with Gasteiger partial charge in [0.1, 0.15) is 17.4 Å². The maximum absolute atomic E-state index is 12.8. The molecule has 1 atom stereocenters. The van der Waals surface area contributed by atoms with E-state index in [1.54, 1.807) is 13.0 Å². The summed E-state index contributed by atoms with van der Waals surface area (Å²) in [6.07, 6.45) is 0. The van der Waals surface area contributed by atoms with Gasteiger partial charge in [-0.1, -0.05) is 11.6 Å². The van der Waals surface area contributed by atoms with Crippen molar-refractivity contribution in [3.05, 3.63) is 68.0 Å². The van der Waals surface area contributed by atoms with Gasteiger partial charge in [0, 0.05) is 11.1 Å². The highest BCUT2D eigenvalue weighted by atomic mass is 16.5. The molecule has 2 aromatic rings. The van der Waals surface area contributed by atoms with Crippen molar-refractivity contribution < 1.29 is 9.53 Å². The fourth-order valence-corrected chi connectivity index (χ4v) is 3.56. The number of aromatic nitrogens is 1. The number of rotatable bonds is 2. The Balaban J connectivity index is 2.37. The van der Waals surface area contributed by atoms with Gasteiger partial charge in [0.2, 0.25) is 5.88 Å².